The topological polar surface area (TPSA) is 87.4 Å². The third-order valence-corrected chi connectivity index (χ3v) is 2.29. The Morgan fingerprint density at radius 3 is 0.760 bits per heavy atom. The van der Waals surface area contributed by atoms with Crippen molar-refractivity contribution in [2.24, 2.45) is 0 Å². The van der Waals surface area contributed by atoms with Crippen LogP contribution in [0.3, 0.4) is 0 Å². The molecule has 2 atom stereocenters. The Morgan fingerprint density at radius 2 is 0.760 bits per heavy atom. The average molecular weight is 446 g/mol. The van der Waals surface area contributed by atoms with Crippen LogP contribution < -0.4 is 0 Å². The van der Waals surface area contributed by atoms with Crippen LogP contribution in [0.4, 0.5) is 0 Å². The summed E-state index contributed by atoms with van der Waals surface area (Å²) in [5, 5.41) is 34.0. The Balaban J connectivity index is -0.0000000711. The van der Waals surface area contributed by atoms with E-state index in [0.29, 0.717) is 12.1 Å². The van der Waals surface area contributed by atoms with Gasteiger partial charge in [-0.05, 0) is 83.6 Å². The summed E-state index contributed by atoms with van der Waals surface area (Å²) in [7, 11) is 7.78. The van der Waals surface area contributed by atoms with Gasteiger partial charge in [0.2, 0.25) is 0 Å². The molecule has 156 valence electrons. The average Bonchev–Trinajstić information content (AvgIpc) is 2.33. The number of likely N-dealkylation sites (N-methyl/N-ethyl adjacent to an activating group) is 2. The Labute approximate surface area is 176 Å². The molecule has 7 heteroatoms. The molecule has 4 N–H and O–H groups in total. The second-order valence-electron chi connectivity index (χ2n) is 8.33. The molecule has 0 aromatic rings. The van der Waals surface area contributed by atoms with E-state index in [-0.39, 0.29) is 39.4 Å². The van der Waals surface area contributed by atoms with Gasteiger partial charge >= 0.3 is 0 Å². The number of aliphatic hydroxyl groups excluding tert-OH is 2. The molecule has 0 heterocycles. The molecule has 0 aliphatic heterocycles. The van der Waals surface area contributed by atoms with Crippen LogP contribution in [0, 0.1) is 0 Å². The van der Waals surface area contributed by atoms with Crippen molar-refractivity contribution in [3.05, 3.63) is 0 Å². The van der Waals surface area contributed by atoms with Gasteiger partial charge in [0.05, 0.1) is 24.4 Å². The number of hydrogen-bond acceptors (Lipinski definition) is 6. The van der Waals surface area contributed by atoms with Crippen molar-refractivity contribution in [2.75, 3.05) is 41.4 Å². The maximum atomic E-state index is 8.52. The summed E-state index contributed by atoms with van der Waals surface area (Å²) in [5.41, 5.74) is -1.00. The quantitative estimate of drug-likeness (QED) is 0.523. The van der Waals surface area contributed by atoms with Gasteiger partial charge in [-0.1, -0.05) is 0 Å². The van der Waals surface area contributed by atoms with E-state index < -0.39 is 11.2 Å². The largest absolute Gasteiger partial charge is 0.395 e. The van der Waals surface area contributed by atoms with Crippen molar-refractivity contribution in [3.8, 4) is 0 Å². The zero-order valence-electron chi connectivity index (χ0n) is 18.8. The summed E-state index contributed by atoms with van der Waals surface area (Å²) in [6.45, 7) is 14.9. The third-order valence-electron chi connectivity index (χ3n) is 2.29. The zero-order chi connectivity index (χ0) is 20.7. The molecule has 0 rings (SSSR count). The molecule has 0 fully saturated rings. The van der Waals surface area contributed by atoms with E-state index in [4.69, 9.17) is 20.4 Å². The van der Waals surface area contributed by atoms with E-state index in [2.05, 4.69) is 0 Å². The standard InChI is InChI=1S/2C5H13NO.2C4H10O.Zr/c2*1-5(4-7)6(2)3;2*1-4(2,3)5;/h2*5,7H,4H2,1-3H3;2*5H,1-3H3;. The van der Waals surface area contributed by atoms with Gasteiger partial charge in [-0.3, -0.25) is 0 Å². The molecular formula is C18H46N2O4Zr. The van der Waals surface area contributed by atoms with Crippen LogP contribution in [0.25, 0.3) is 0 Å². The fourth-order valence-corrected chi connectivity index (χ4v) is 0.327. The number of rotatable bonds is 4. The monoisotopic (exact) mass is 444 g/mol. The molecule has 0 aromatic carbocycles. The fourth-order valence-electron chi connectivity index (χ4n) is 0.327. The third kappa shape index (κ3) is 79.0. The van der Waals surface area contributed by atoms with Crippen LogP contribution in [0.1, 0.15) is 55.4 Å². The van der Waals surface area contributed by atoms with Crippen LogP contribution in [-0.4, -0.2) is 94.9 Å². The van der Waals surface area contributed by atoms with Crippen molar-refractivity contribution >= 4 is 0 Å². The van der Waals surface area contributed by atoms with Gasteiger partial charge < -0.3 is 30.2 Å². The number of hydrogen-bond donors (Lipinski definition) is 4. The first-order valence-corrected chi connectivity index (χ1v) is 8.36. The zero-order valence-corrected chi connectivity index (χ0v) is 21.2. The maximum absolute atomic E-state index is 8.52. The van der Waals surface area contributed by atoms with Gasteiger partial charge in [0.15, 0.2) is 0 Å². The van der Waals surface area contributed by atoms with Gasteiger partial charge in [-0.2, -0.15) is 0 Å². The predicted octanol–water partition coefficient (Wildman–Crippen LogP) is 1.41. The molecule has 2 unspecified atom stereocenters. The number of aliphatic hydroxyl groups is 4. The number of nitrogens with zero attached hydrogens (tertiary/aromatic N) is 2. The molecule has 0 saturated heterocycles. The van der Waals surface area contributed by atoms with Crippen molar-refractivity contribution in [2.45, 2.75) is 78.7 Å². The molecule has 0 aliphatic rings. The molecule has 25 heavy (non-hydrogen) atoms. The molecule has 0 bridgehead atoms. The minimum absolute atomic E-state index is 0. The van der Waals surface area contributed by atoms with Crippen LogP contribution in [0.5, 0.6) is 0 Å². The second-order valence-corrected chi connectivity index (χ2v) is 8.33. The molecule has 0 saturated carbocycles. The van der Waals surface area contributed by atoms with Gasteiger partial charge in [0.25, 0.3) is 0 Å². The summed E-state index contributed by atoms with van der Waals surface area (Å²) < 4.78 is 0. The second kappa shape index (κ2) is 19.4. The molecule has 0 amide bonds. The first-order chi connectivity index (χ1) is 10.4. The van der Waals surface area contributed by atoms with Crippen LogP contribution in [-0.2, 0) is 26.2 Å². The van der Waals surface area contributed by atoms with E-state index >= 15 is 0 Å². The van der Waals surface area contributed by atoms with Crippen molar-refractivity contribution in [1.82, 2.24) is 9.80 Å². The maximum Gasteiger partial charge on any atom is 0.0583 e. The van der Waals surface area contributed by atoms with Crippen molar-refractivity contribution in [1.29, 1.82) is 0 Å². The van der Waals surface area contributed by atoms with Gasteiger partial charge in [0.1, 0.15) is 0 Å². The smallest absolute Gasteiger partial charge is 0.0583 e. The minimum atomic E-state index is -0.500. The molecular weight excluding hydrogens is 399 g/mol. The molecule has 0 radical (unpaired) electrons. The van der Waals surface area contributed by atoms with Crippen LogP contribution >= 0.6 is 0 Å². The van der Waals surface area contributed by atoms with E-state index in [9.17, 15) is 0 Å². The summed E-state index contributed by atoms with van der Waals surface area (Å²) in [6.07, 6.45) is 0. The fraction of sp³-hybridized carbons (Fsp3) is 1.00. The Morgan fingerprint density at radius 1 is 0.640 bits per heavy atom. The summed E-state index contributed by atoms with van der Waals surface area (Å²) in [5.74, 6) is 0. The van der Waals surface area contributed by atoms with E-state index in [1.54, 1.807) is 41.5 Å². The summed E-state index contributed by atoms with van der Waals surface area (Å²) in [4.78, 5) is 3.94. The normalized spacial score (nSPS) is 13.2. The SMILES string of the molecule is CC(C)(C)O.CC(C)(C)O.CC(CO)N(C)C.CC(CO)N(C)C.[Zr]. The van der Waals surface area contributed by atoms with Crippen LogP contribution in [0.2, 0.25) is 0 Å². The van der Waals surface area contributed by atoms with Crippen LogP contribution in [0.15, 0.2) is 0 Å². The molecule has 0 spiro atoms. The first kappa shape index (κ1) is 36.5. The first-order valence-electron chi connectivity index (χ1n) is 8.36. The Hall–Kier alpha value is 0.643. The van der Waals surface area contributed by atoms with Crippen molar-refractivity contribution < 1.29 is 46.6 Å². The molecule has 0 aliphatic carbocycles. The Bertz CT molecular complexity index is 214. The predicted molar refractivity (Wildman–Crippen MR) is 104 cm³/mol. The van der Waals surface area contributed by atoms with Gasteiger partial charge in [0, 0.05) is 38.3 Å². The summed E-state index contributed by atoms with van der Waals surface area (Å²) in [6, 6.07) is 0.583. The Kier molecular flexibility index (Phi) is 28.4. The molecule has 6 nitrogen and oxygen atoms in total. The van der Waals surface area contributed by atoms with Gasteiger partial charge in [-0.25, -0.2) is 0 Å². The van der Waals surface area contributed by atoms with Crippen molar-refractivity contribution in [3.63, 3.8) is 0 Å². The van der Waals surface area contributed by atoms with E-state index in [1.807, 2.05) is 51.8 Å². The van der Waals surface area contributed by atoms with Gasteiger partial charge in [-0.15, -0.1) is 0 Å². The summed E-state index contributed by atoms with van der Waals surface area (Å²) >= 11 is 0. The van der Waals surface area contributed by atoms with E-state index in [0.717, 1.165) is 0 Å². The van der Waals surface area contributed by atoms with E-state index in [1.165, 1.54) is 0 Å². The minimum Gasteiger partial charge on any atom is -0.395 e. The molecule has 0 aromatic heterocycles.